The molecule has 2 atom stereocenters. The molecule has 0 radical (unpaired) electrons. The summed E-state index contributed by atoms with van der Waals surface area (Å²) in [7, 11) is 1.70. The summed E-state index contributed by atoms with van der Waals surface area (Å²) in [6.45, 7) is 1.68. The summed E-state index contributed by atoms with van der Waals surface area (Å²) in [4.78, 5) is 16.8. The zero-order valence-electron chi connectivity index (χ0n) is 14.4. The second-order valence-electron chi connectivity index (χ2n) is 6.31. The number of carbonyl (C=O) groups is 1. The molecule has 0 saturated carbocycles. The van der Waals surface area contributed by atoms with Gasteiger partial charge in [-0.15, -0.1) is 5.10 Å². The lowest BCUT2D eigenvalue weighted by molar-refractivity contribution is -0.116. The third-order valence-corrected chi connectivity index (χ3v) is 4.61. The number of para-hydroxylation sites is 1. The number of hydrogen-bond donors (Lipinski definition) is 2. The van der Waals surface area contributed by atoms with Gasteiger partial charge in [0.1, 0.15) is 6.54 Å². The predicted octanol–water partition coefficient (Wildman–Crippen LogP) is 1.17. The van der Waals surface area contributed by atoms with Crippen molar-refractivity contribution in [2.75, 3.05) is 25.5 Å². The highest BCUT2D eigenvalue weighted by Crippen LogP contribution is 2.23. The van der Waals surface area contributed by atoms with Crippen LogP contribution in [-0.4, -0.2) is 52.2 Å². The number of rotatable bonds is 5. The van der Waals surface area contributed by atoms with E-state index >= 15 is 0 Å². The van der Waals surface area contributed by atoms with Gasteiger partial charge in [-0.2, -0.15) is 0 Å². The molecule has 0 bridgehead atoms. The average molecular weight is 352 g/mol. The van der Waals surface area contributed by atoms with Crippen molar-refractivity contribution >= 4 is 22.5 Å². The molecule has 134 valence electrons. The van der Waals surface area contributed by atoms with E-state index in [2.05, 4.69) is 25.9 Å². The average Bonchev–Trinajstić information content (AvgIpc) is 3.30. The molecule has 3 heterocycles. The molecule has 1 aromatic carbocycles. The maximum atomic E-state index is 12.4. The molecule has 8 heteroatoms. The van der Waals surface area contributed by atoms with Crippen LogP contribution < -0.4 is 10.6 Å². The Kier molecular flexibility index (Phi) is 4.59. The van der Waals surface area contributed by atoms with Crippen LogP contribution in [0.4, 0.5) is 5.69 Å². The number of methoxy groups -OCH3 is 1. The van der Waals surface area contributed by atoms with Gasteiger partial charge in [0, 0.05) is 43.9 Å². The summed E-state index contributed by atoms with van der Waals surface area (Å²) >= 11 is 0. The van der Waals surface area contributed by atoms with Crippen molar-refractivity contribution in [3.63, 3.8) is 0 Å². The summed E-state index contributed by atoms with van der Waals surface area (Å²) in [6.07, 6.45) is 3.60. The van der Waals surface area contributed by atoms with Crippen molar-refractivity contribution in [3.8, 4) is 0 Å². The minimum absolute atomic E-state index is 0.0794. The van der Waals surface area contributed by atoms with Crippen LogP contribution in [0, 0.1) is 0 Å². The summed E-state index contributed by atoms with van der Waals surface area (Å²) in [5, 5.41) is 15.5. The minimum atomic E-state index is -0.174. The van der Waals surface area contributed by atoms with E-state index in [0.29, 0.717) is 5.69 Å². The Bertz CT molecular complexity index is 919. The molecule has 0 aliphatic carbocycles. The van der Waals surface area contributed by atoms with Crippen molar-refractivity contribution in [1.29, 1.82) is 0 Å². The normalized spacial score (nSPS) is 19.7. The third kappa shape index (κ3) is 3.29. The zero-order chi connectivity index (χ0) is 17.9. The fraction of sp³-hybridized carbons (Fsp3) is 0.333. The van der Waals surface area contributed by atoms with Crippen LogP contribution in [0.15, 0.2) is 42.7 Å². The molecule has 3 aromatic rings. The van der Waals surface area contributed by atoms with Crippen LogP contribution in [0.2, 0.25) is 0 Å². The first kappa shape index (κ1) is 16.6. The highest BCUT2D eigenvalue weighted by atomic mass is 16.5. The number of fused-ring (bicyclic) bond motifs is 1. The van der Waals surface area contributed by atoms with Crippen LogP contribution in [0.1, 0.15) is 11.6 Å². The van der Waals surface area contributed by atoms with Crippen LogP contribution >= 0.6 is 0 Å². The first-order valence-electron chi connectivity index (χ1n) is 8.52. The Balaban J connectivity index is 1.45. The van der Waals surface area contributed by atoms with Crippen LogP contribution in [0.3, 0.4) is 0 Å². The molecule has 4 rings (SSSR count). The molecule has 26 heavy (non-hydrogen) atoms. The lowest BCUT2D eigenvalue weighted by Gasteiger charge is -2.13. The van der Waals surface area contributed by atoms with Gasteiger partial charge in [0.05, 0.1) is 23.0 Å². The molecular weight excluding hydrogens is 332 g/mol. The van der Waals surface area contributed by atoms with Gasteiger partial charge in [0.15, 0.2) is 0 Å². The number of amides is 1. The van der Waals surface area contributed by atoms with Gasteiger partial charge < -0.3 is 15.4 Å². The zero-order valence-corrected chi connectivity index (χ0v) is 14.4. The van der Waals surface area contributed by atoms with Gasteiger partial charge in [-0.05, 0) is 12.1 Å². The van der Waals surface area contributed by atoms with Gasteiger partial charge in [-0.25, -0.2) is 4.68 Å². The summed E-state index contributed by atoms with van der Waals surface area (Å²) in [5.74, 6) is -0.0217. The summed E-state index contributed by atoms with van der Waals surface area (Å²) < 4.78 is 7.01. The quantitative estimate of drug-likeness (QED) is 0.716. The topological polar surface area (TPSA) is 94.0 Å². The number of aromatic nitrogens is 4. The number of carbonyl (C=O) groups excluding carboxylic acids is 1. The first-order valence-corrected chi connectivity index (χ1v) is 8.52. The Labute approximate surface area is 150 Å². The van der Waals surface area contributed by atoms with Gasteiger partial charge in [-0.1, -0.05) is 23.4 Å². The lowest BCUT2D eigenvalue weighted by atomic mass is 10.0. The maximum absolute atomic E-state index is 12.4. The van der Waals surface area contributed by atoms with Crippen molar-refractivity contribution < 1.29 is 9.53 Å². The van der Waals surface area contributed by atoms with Crippen molar-refractivity contribution in [1.82, 2.24) is 25.3 Å². The van der Waals surface area contributed by atoms with Crippen LogP contribution in [-0.2, 0) is 16.1 Å². The number of benzene rings is 1. The molecular formula is C18H20N6O2. The van der Waals surface area contributed by atoms with Gasteiger partial charge in [-0.3, -0.25) is 9.78 Å². The lowest BCUT2D eigenvalue weighted by Crippen LogP contribution is -2.20. The number of pyridine rings is 1. The van der Waals surface area contributed by atoms with Crippen molar-refractivity contribution in [2.24, 2.45) is 0 Å². The number of nitrogens with zero attached hydrogens (tertiary/aromatic N) is 4. The van der Waals surface area contributed by atoms with E-state index in [1.807, 2.05) is 36.5 Å². The second-order valence-corrected chi connectivity index (χ2v) is 6.31. The standard InChI is InChI=1S/C18H20N6O2/c1-26-16-9-19-8-13(16)15-10-24(23-22-15)11-17(25)21-14-6-2-4-12-5-3-7-20-18(12)14/h2-7,10,13,16,19H,8-9,11H2,1H3,(H,21,25)/t13-,16+/m0/s1. The monoisotopic (exact) mass is 352 g/mol. The van der Waals surface area contributed by atoms with Gasteiger partial charge in [0.25, 0.3) is 0 Å². The molecule has 0 spiro atoms. The molecule has 8 nitrogen and oxygen atoms in total. The van der Waals surface area contributed by atoms with E-state index in [1.165, 1.54) is 0 Å². The maximum Gasteiger partial charge on any atom is 0.246 e. The number of anilines is 1. The highest BCUT2D eigenvalue weighted by Gasteiger charge is 2.30. The summed E-state index contributed by atoms with van der Waals surface area (Å²) in [6, 6.07) is 9.53. The molecule has 1 aliphatic heterocycles. The molecule has 2 aromatic heterocycles. The molecule has 1 saturated heterocycles. The first-order chi connectivity index (χ1) is 12.7. The van der Waals surface area contributed by atoms with Gasteiger partial charge in [0.2, 0.25) is 5.91 Å². The van der Waals surface area contributed by atoms with E-state index in [-0.39, 0.29) is 24.5 Å². The summed E-state index contributed by atoms with van der Waals surface area (Å²) in [5.41, 5.74) is 2.29. The smallest absolute Gasteiger partial charge is 0.246 e. The van der Waals surface area contributed by atoms with E-state index < -0.39 is 0 Å². The second kappa shape index (κ2) is 7.19. The number of hydrogen-bond acceptors (Lipinski definition) is 6. The molecule has 2 N–H and O–H groups in total. The van der Waals surface area contributed by atoms with E-state index in [1.54, 1.807) is 18.0 Å². The largest absolute Gasteiger partial charge is 0.379 e. The molecule has 0 unspecified atom stereocenters. The SMILES string of the molecule is CO[C@@H]1CNC[C@H]1c1cn(CC(=O)Nc2cccc3cccnc23)nn1. The Morgan fingerprint density at radius 3 is 3.12 bits per heavy atom. The van der Waals surface area contributed by atoms with E-state index in [0.717, 1.165) is 29.7 Å². The minimum Gasteiger partial charge on any atom is -0.379 e. The molecule has 1 aliphatic rings. The predicted molar refractivity (Wildman–Crippen MR) is 96.8 cm³/mol. The van der Waals surface area contributed by atoms with Crippen molar-refractivity contribution in [3.05, 3.63) is 48.4 Å². The highest BCUT2D eigenvalue weighted by molar-refractivity contribution is 6.00. The Morgan fingerprint density at radius 2 is 2.23 bits per heavy atom. The van der Waals surface area contributed by atoms with Gasteiger partial charge >= 0.3 is 0 Å². The van der Waals surface area contributed by atoms with E-state index in [9.17, 15) is 4.79 Å². The molecule has 1 fully saturated rings. The molecule has 1 amide bonds. The Hall–Kier alpha value is -2.84. The fourth-order valence-corrected chi connectivity index (χ4v) is 3.30. The van der Waals surface area contributed by atoms with E-state index in [4.69, 9.17) is 4.74 Å². The number of nitrogens with one attached hydrogen (secondary N) is 2. The Morgan fingerprint density at radius 1 is 1.35 bits per heavy atom. The fourth-order valence-electron chi connectivity index (χ4n) is 3.30. The third-order valence-electron chi connectivity index (χ3n) is 4.61. The number of ether oxygens (including phenoxy) is 1. The van der Waals surface area contributed by atoms with Crippen LogP contribution in [0.5, 0.6) is 0 Å². The van der Waals surface area contributed by atoms with Crippen molar-refractivity contribution in [2.45, 2.75) is 18.6 Å². The van der Waals surface area contributed by atoms with Crippen LogP contribution in [0.25, 0.3) is 10.9 Å².